The fourth-order valence-corrected chi connectivity index (χ4v) is 3.02. The topological polar surface area (TPSA) is 97.0 Å². The molecule has 0 spiro atoms. The van der Waals surface area contributed by atoms with E-state index in [1.807, 2.05) is 31.2 Å². The van der Waals surface area contributed by atoms with Crippen molar-refractivity contribution in [3.63, 3.8) is 0 Å². The highest BCUT2D eigenvalue weighted by Gasteiger charge is 2.27. The van der Waals surface area contributed by atoms with Crippen LogP contribution in [0, 0.1) is 0 Å². The predicted octanol–water partition coefficient (Wildman–Crippen LogP) is 2.60. The molecule has 0 aromatic heterocycles. The SMILES string of the molecule is CCCNC(=O)CN1C(=O)COc2ccc(NC(=O)/C=C/c3cccc(OC)c3)cc21. The molecule has 3 amide bonds. The number of hydrogen-bond donors (Lipinski definition) is 2. The van der Waals surface area contributed by atoms with Crippen molar-refractivity contribution in [2.24, 2.45) is 0 Å². The molecule has 8 nitrogen and oxygen atoms in total. The lowest BCUT2D eigenvalue weighted by Crippen LogP contribution is -2.45. The summed E-state index contributed by atoms with van der Waals surface area (Å²) < 4.78 is 10.6. The van der Waals surface area contributed by atoms with Crippen LogP contribution in [0.15, 0.2) is 48.5 Å². The third-order valence-corrected chi connectivity index (χ3v) is 4.56. The summed E-state index contributed by atoms with van der Waals surface area (Å²) in [4.78, 5) is 38.2. The maximum absolute atomic E-state index is 12.3. The van der Waals surface area contributed by atoms with Crippen LogP contribution in [0.5, 0.6) is 11.5 Å². The van der Waals surface area contributed by atoms with E-state index in [4.69, 9.17) is 9.47 Å². The Labute approximate surface area is 180 Å². The number of carbonyl (C=O) groups excluding carboxylic acids is 3. The van der Waals surface area contributed by atoms with E-state index in [0.717, 1.165) is 12.0 Å². The quantitative estimate of drug-likeness (QED) is 0.636. The molecule has 2 aromatic carbocycles. The van der Waals surface area contributed by atoms with Gasteiger partial charge in [0.1, 0.15) is 18.0 Å². The smallest absolute Gasteiger partial charge is 0.265 e. The Kier molecular flexibility index (Phi) is 7.26. The summed E-state index contributed by atoms with van der Waals surface area (Å²) in [7, 11) is 1.58. The monoisotopic (exact) mass is 423 g/mol. The van der Waals surface area contributed by atoms with E-state index in [0.29, 0.717) is 29.4 Å². The molecule has 3 rings (SSSR count). The average Bonchev–Trinajstić information content (AvgIpc) is 2.78. The van der Waals surface area contributed by atoms with E-state index >= 15 is 0 Å². The summed E-state index contributed by atoms with van der Waals surface area (Å²) in [6.45, 7) is 2.25. The molecule has 0 atom stereocenters. The second kappa shape index (κ2) is 10.3. The van der Waals surface area contributed by atoms with Crippen LogP contribution in [0.2, 0.25) is 0 Å². The Balaban J connectivity index is 1.72. The van der Waals surface area contributed by atoms with Crippen LogP contribution in [0.4, 0.5) is 11.4 Å². The molecule has 162 valence electrons. The Morgan fingerprint density at radius 2 is 2.06 bits per heavy atom. The van der Waals surface area contributed by atoms with Crippen molar-refractivity contribution in [3.8, 4) is 11.5 Å². The van der Waals surface area contributed by atoms with E-state index in [-0.39, 0.29) is 30.9 Å². The summed E-state index contributed by atoms with van der Waals surface area (Å²) in [5, 5.41) is 5.52. The fourth-order valence-electron chi connectivity index (χ4n) is 3.02. The van der Waals surface area contributed by atoms with Gasteiger partial charge in [-0.25, -0.2) is 0 Å². The van der Waals surface area contributed by atoms with Crippen LogP contribution >= 0.6 is 0 Å². The van der Waals surface area contributed by atoms with Crippen molar-refractivity contribution in [2.45, 2.75) is 13.3 Å². The summed E-state index contributed by atoms with van der Waals surface area (Å²) in [5.41, 5.74) is 1.75. The summed E-state index contributed by atoms with van der Waals surface area (Å²) >= 11 is 0. The van der Waals surface area contributed by atoms with Crippen molar-refractivity contribution in [1.82, 2.24) is 5.32 Å². The lowest BCUT2D eigenvalue weighted by Gasteiger charge is -2.29. The number of rotatable bonds is 8. The molecule has 0 saturated carbocycles. The first-order valence-corrected chi connectivity index (χ1v) is 9.97. The maximum atomic E-state index is 12.3. The molecule has 1 aliphatic rings. The van der Waals surface area contributed by atoms with Crippen molar-refractivity contribution in [3.05, 3.63) is 54.1 Å². The molecular weight excluding hydrogens is 398 g/mol. The Hall–Kier alpha value is -3.81. The number of ether oxygens (including phenoxy) is 2. The van der Waals surface area contributed by atoms with Gasteiger partial charge in [-0.1, -0.05) is 19.1 Å². The van der Waals surface area contributed by atoms with Gasteiger partial charge in [-0.05, 0) is 48.4 Å². The predicted molar refractivity (Wildman–Crippen MR) is 118 cm³/mol. The number of fused-ring (bicyclic) bond motifs is 1. The van der Waals surface area contributed by atoms with Crippen LogP contribution in [0.1, 0.15) is 18.9 Å². The molecule has 1 aliphatic heterocycles. The highest BCUT2D eigenvalue weighted by atomic mass is 16.5. The molecule has 1 heterocycles. The van der Waals surface area contributed by atoms with Gasteiger partial charge in [0.15, 0.2) is 6.61 Å². The molecule has 2 N–H and O–H groups in total. The Morgan fingerprint density at radius 3 is 2.84 bits per heavy atom. The fraction of sp³-hybridized carbons (Fsp3) is 0.261. The number of nitrogens with one attached hydrogen (secondary N) is 2. The molecule has 0 unspecified atom stereocenters. The molecule has 0 fully saturated rings. The van der Waals surface area contributed by atoms with Crippen molar-refractivity contribution >= 4 is 35.2 Å². The highest BCUT2D eigenvalue weighted by molar-refractivity contribution is 6.05. The summed E-state index contributed by atoms with van der Waals surface area (Å²) in [6, 6.07) is 12.3. The van der Waals surface area contributed by atoms with Crippen LogP contribution in [-0.4, -0.2) is 44.5 Å². The molecule has 8 heteroatoms. The minimum atomic E-state index is -0.335. The van der Waals surface area contributed by atoms with Crippen LogP contribution in [0.25, 0.3) is 6.08 Å². The van der Waals surface area contributed by atoms with Crippen molar-refractivity contribution in [2.75, 3.05) is 37.0 Å². The second-order valence-corrected chi connectivity index (χ2v) is 6.90. The molecule has 0 saturated heterocycles. The van der Waals surface area contributed by atoms with Gasteiger partial charge in [-0.15, -0.1) is 0 Å². The van der Waals surface area contributed by atoms with Gasteiger partial charge in [0.2, 0.25) is 11.8 Å². The minimum absolute atomic E-state index is 0.109. The number of nitrogens with zero attached hydrogens (tertiary/aromatic N) is 1. The number of methoxy groups -OCH3 is 1. The zero-order chi connectivity index (χ0) is 22.2. The minimum Gasteiger partial charge on any atom is -0.497 e. The van der Waals surface area contributed by atoms with E-state index in [1.54, 1.807) is 31.4 Å². The third-order valence-electron chi connectivity index (χ3n) is 4.56. The molecule has 0 aliphatic carbocycles. The van der Waals surface area contributed by atoms with E-state index in [9.17, 15) is 14.4 Å². The standard InChI is InChI=1S/C23H25N3O5/c1-3-11-24-22(28)14-26-19-13-17(8-9-20(19)31-15-23(26)29)25-21(27)10-7-16-5-4-6-18(12-16)30-2/h4-10,12-13H,3,11,14-15H2,1-2H3,(H,24,28)(H,25,27)/b10-7+. The van der Waals surface area contributed by atoms with Gasteiger partial charge in [-0.3, -0.25) is 19.3 Å². The first kappa shape index (κ1) is 21.9. The van der Waals surface area contributed by atoms with Gasteiger partial charge in [0.05, 0.1) is 12.8 Å². The second-order valence-electron chi connectivity index (χ2n) is 6.90. The molecule has 2 aromatic rings. The van der Waals surface area contributed by atoms with Crippen molar-refractivity contribution < 1.29 is 23.9 Å². The number of amides is 3. The molecule has 0 radical (unpaired) electrons. The maximum Gasteiger partial charge on any atom is 0.265 e. The largest absolute Gasteiger partial charge is 0.497 e. The summed E-state index contributed by atoms with van der Waals surface area (Å²) in [6.07, 6.45) is 3.89. The van der Waals surface area contributed by atoms with Gasteiger partial charge < -0.3 is 20.1 Å². The Bertz CT molecular complexity index is 1000. The lowest BCUT2D eigenvalue weighted by atomic mass is 10.2. The van der Waals surface area contributed by atoms with E-state index in [2.05, 4.69) is 10.6 Å². The van der Waals surface area contributed by atoms with Crippen molar-refractivity contribution in [1.29, 1.82) is 0 Å². The molecule has 31 heavy (non-hydrogen) atoms. The highest BCUT2D eigenvalue weighted by Crippen LogP contribution is 2.34. The number of anilines is 2. The van der Waals surface area contributed by atoms with Crippen LogP contribution < -0.4 is 25.0 Å². The first-order chi connectivity index (χ1) is 15.0. The lowest BCUT2D eigenvalue weighted by molar-refractivity contribution is -0.125. The van der Waals surface area contributed by atoms with Gasteiger partial charge >= 0.3 is 0 Å². The van der Waals surface area contributed by atoms with Gasteiger partial charge in [-0.2, -0.15) is 0 Å². The number of benzene rings is 2. The molecule has 0 bridgehead atoms. The average molecular weight is 423 g/mol. The van der Waals surface area contributed by atoms with Crippen LogP contribution in [-0.2, 0) is 14.4 Å². The number of carbonyl (C=O) groups is 3. The first-order valence-electron chi connectivity index (χ1n) is 9.97. The van der Waals surface area contributed by atoms with E-state index in [1.165, 1.54) is 11.0 Å². The Morgan fingerprint density at radius 1 is 1.23 bits per heavy atom. The molecular formula is C23H25N3O5. The van der Waals surface area contributed by atoms with Gasteiger partial charge in [0, 0.05) is 18.3 Å². The summed E-state index contributed by atoms with van der Waals surface area (Å²) in [5.74, 6) is 0.273. The zero-order valence-corrected chi connectivity index (χ0v) is 17.5. The van der Waals surface area contributed by atoms with Gasteiger partial charge in [0.25, 0.3) is 5.91 Å². The van der Waals surface area contributed by atoms with E-state index < -0.39 is 0 Å². The number of hydrogen-bond acceptors (Lipinski definition) is 5. The zero-order valence-electron chi connectivity index (χ0n) is 17.5. The van der Waals surface area contributed by atoms with Crippen LogP contribution in [0.3, 0.4) is 0 Å². The normalized spacial score (nSPS) is 12.8. The third kappa shape index (κ3) is 5.85.